The van der Waals surface area contributed by atoms with Gasteiger partial charge in [0.05, 0.1) is 0 Å². The third kappa shape index (κ3) is 3.19. The lowest BCUT2D eigenvalue weighted by atomic mass is 10.1. The van der Waals surface area contributed by atoms with Gasteiger partial charge in [-0.1, -0.05) is 52.3 Å². The predicted molar refractivity (Wildman–Crippen MR) is 73.1 cm³/mol. The molecule has 1 N–H and O–H groups in total. The molecular weight excluding hydrogens is 278 g/mol. The molecule has 1 amide bonds. The summed E-state index contributed by atoms with van der Waals surface area (Å²) in [5.74, 6) is 0.680. The Labute approximate surface area is 110 Å². The summed E-state index contributed by atoms with van der Waals surface area (Å²) in [6.45, 7) is 6.29. The molecule has 90 valence electrons. The van der Waals surface area contributed by atoms with Crippen LogP contribution in [0.3, 0.4) is 0 Å². The number of rotatable bonds is 4. The molecule has 17 heavy (non-hydrogen) atoms. The van der Waals surface area contributed by atoms with Crippen LogP contribution in [0.2, 0.25) is 0 Å². The number of carbonyl (C=O) groups is 1. The van der Waals surface area contributed by atoms with Crippen molar-refractivity contribution in [3.05, 3.63) is 46.5 Å². The van der Waals surface area contributed by atoms with Gasteiger partial charge in [0.25, 0.3) is 0 Å². The fourth-order valence-electron chi connectivity index (χ4n) is 2.07. The molecule has 1 aromatic rings. The molecule has 0 aliphatic heterocycles. The highest BCUT2D eigenvalue weighted by Gasteiger charge is 2.43. The Balaban J connectivity index is 1.92. The summed E-state index contributed by atoms with van der Waals surface area (Å²) in [5, 5.41) is 2.87. The van der Waals surface area contributed by atoms with Crippen LogP contribution in [-0.2, 0) is 4.79 Å². The molecule has 0 unspecified atom stereocenters. The number of hydrogen-bond donors (Lipinski definition) is 1. The van der Waals surface area contributed by atoms with E-state index in [-0.39, 0.29) is 11.8 Å². The van der Waals surface area contributed by atoms with Crippen LogP contribution in [0.4, 0.5) is 0 Å². The minimum Gasteiger partial charge on any atom is -0.351 e. The van der Waals surface area contributed by atoms with Crippen molar-refractivity contribution in [3.8, 4) is 0 Å². The molecule has 1 saturated carbocycles. The zero-order chi connectivity index (χ0) is 12.4. The van der Waals surface area contributed by atoms with E-state index in [4.69, 9.17) is 0 Å². The second kappa shape index (κ2) is 5.05. The van der Waals surface area contributed by atoms with Crippen molar-refractivity contribution in [1.82, 2.24) is 5.32 Å². The molecule has 0 saturated heterocycles. The largest absolute Gasteiger partial charge is 0.351 e. The van der Waals surface area contributed by atoms with Crippen LogP contribution >= 0.6 is 15.9 Å². The molecule has 0 heterocycles. The van der Waals surface area contributed by atoms with E-state index in [0.29, 0.717) is 12.5 Å². The van der Waals surface area contributed by atoms with E-state index in [1.807, 2.05) is 0 Å². The fraction of sp³-hybridized carbons (Fsp3) is 0.357. The maximum Gasteiger partial charge on any atom is 0.224 e. The molecule has 1 aliphatic carbocycles. The quantitative estimate of drug-likeness (QED) is 0.908. The molecule has 1 aromatic carbocycles. The van der Waals surface area contributed by atoms with Gasteiger partial charge in [0.2, 0.25) is 5.91 Å². The Hall–Kier alpha value is -1.09. The maximum atomic E-state index is 11.8. The van der Waals surface area contributed by atoms with Gasteiger partial charge in [0.15, 0.2) is 0 Å². The number of nitrogens with one attached hydrogen (secondary N) is 1. The van der Waals surface area contributed by atoms with Crippen molar-refractivity contribution < 1.29 is 4.79 Å². The van der Waals surface area contributed by atoms with Crippen molar-refractivity contribution >= 4 is 21.8 Å². The monoisotopic (exact) mass is 293 g/mol. The van der Waals surface area contributed by atoms with Gasteiger partial charge in [-0.2, -0.15) is 0 Å². The van der Waals surface area contributed by atoms with Crippen molar-refractivity contribution in [2.45, 2.75) is 19.3 Å². The standard InChI is InChI=1S/C14H16BrNO/c1-9-4-3-5-11(6-9)12-7-13(12)14(17)16-8-10(2)15/h3-6,12-13H,2,7-8H2,1H3,(H,16,17)/t12-,13-/m0/s1. The van der Waals surface area contributed by atoms with Gasteiger partial charge in [-0.3, -0.25) is 4.79 Å². The number of benzene rings is 1. The normalized spacial score (nSPS) is 22.0. The molecule has 3 heteroatoms. The molecular formula is C14H16BrNO. The molecule has 1 aliphatic rings. The zero-order valence-corrected chi connectivity index (χ0v) is 11.5. The summed E-state index contributed by atoms with van der Waals surface area (Å²) < 4.78 is 0.804. The number of carbonyl (C=O) groups excluding carboxylic acids is 1. The Morgan fingerprint density at radius 2 is 2.35 bits per heavy atom. The van der Waals surface area contributed by atoms with Crippen LogP contribution in [0.15, 0.2) is 35.3 Å². The van der Waals surface area contributed by atoms with Gasteiger partial charge in [0.1, 0.15) is 0 Å². The SMILES string of the molecule is C=C(Br)CNC(=O)[C@H]1C[C@H]1c1cccc(C)c1. The molecule has 0 spiro atoms. The molecule has 1 fully saturated rings. The number of halogens is 1. The van der Waals surface area contributed by atoms with Crippen LogP contribution in [0.5, 0.6) is 0 Å². The van der Waals surface area contributed by atoms with Crippen LogP contribution < -0.4 is 5.32 Å². The predicted octanol–water partition coefficient (Wildman–Crippen LogP) is 3.12. The zero-order valence-electron chi connectivity index (χ0n) is 9.87. The molecule has 0 bridgehead atoms. The first-order chi connectivity index (χ1) is 8.08. The van der Waals surface area contributed by atoms with Gasteiger partial charge in [-0.15, -0.1) is 0 Å². The summed E-state index contributed by atoms with van der Waals surface area (Å²) >= 11 is 3.23. The smallest absolute Gasteiger partial charge is 0.224 e. The summed E-state index contributed by atoms with van der Waals surface area (Å²) in [6, 6.07) is 8.41. The first-order valence-electron chi connectivity index (χ1n) is 5.75. The van der Waals surface area contributed by atoms with Crippen molar-refractivity contribution in [2.24, 2.45) is 5.92 Å². The lowest BCUT2D eigenvalue weighted by Crippen LogP contribution is -2.26. The Bertz CT molecular complexity index is 455. The van der Waals surface area contributed by atoms with E-state index in [1.165, 1.54) is 11.1 Å². The number of hydrogen-bond acceptors (Lipinski definition) is 1. The van der Waals surface area contributed by atoms with Gasteiger partial charge < -0.3 is 5.32 Å². The van der Waals surface area contributed by atoms with E-state index in [9.17, 15) is 4.79 Å². The third-order valence-electron chi connectivity index (χ3n) is 3.05. The molecule has 2 atom stereocenters. The van der Waals surface area contributed by atoms with Crippen LogP contribution in [0.25, 0.3) is 0 Å². The summed E-state index contributed by atoms with van der Waals surface area (Å²) in [5.41, 5.74) is 2.53. The van der Waals surface area contributed by atoms with E-state index < -0.39 is 0 Å². The molecule has 2 nitrogen and oxygen atoms in total. The Kier molecular flexibility index (Phi) is 3.67. The number of aryl methyl sites for hydroxylation is 1. The maximum absolute atomic E-state index is 11.8. The van der Waals surface area contributed by atoms with E-state index in [2.05, 4.69) is 59.0 Å². The minimum atomic E-state index is 0.136. The second-order valence-corrected chi connectivity index (χ2v) is 5.72. The first-order valence-corrected chi connectivity index (χ1v) is 6.55. The van der Waals surface area contributed by atoms with Gasteiger partial charge >= 0.3 is 0 Å². The first kappa shape index (κ1) is 12.4. The summed E-state index contributed by atoms with van der Waals surface area (Å²) in [6.07, 6.45) is 0.962. The molecule has 0 aromatic heterocycles. The number of amides is 1. The van der Waals surface area contributed by atoms with Crippen LogP contribution in [0.1, 0.15) is 23.5 Å². The van der Waals surface area contributed by atoms with E-state index in [1.54, 1.807) is 0 Å². The highest BCUT2D eigenvalue weighted by molar-refractivity contribution is 9.11. The van der Waals surface area contributed by atoms with Gasteiger partial charge in [-0.05, 0) is 24.8 Å². The van der Waals surface area contributed by atoms with Crippen molar-refractivity contribution in [2.75, 3.05) is 6.54 Å². The molecule has 2 rings (SSSR count). The van der Waals surface area contributed by atoms with Crippen molar-refractivity contribution in [1.29, 1.82) is 0 Å². The average molecular weight is 294 g/mol. The minimum absolute atomic E-state index is 0.136. The third-order valence-corrected chi connectivity index (χ3v) is 3.33. The fourth-order valence-corrected chi connectivity index (χ4v) is 2.21. The highest BCUT2D eigenvalue weighted by Crippen LogP contribution is 2.47. The lowest BCUT2D eigenvalue weighted by molar-refractivity contribution is -0.122. The Morgan fingerprint density at radius 3 is 3.00 bits per heavy atom. The van der Waals surface area contributed by atoms with Crippen LogP contribution in [0, 0.1) is 12.8 Å². The highest BCUT2D eigenvalue weighted by atomic mass is 79.9. The van der Waals surface area contributed by atoms with Gasteiger partial charge in [-0.25, -0.2) is 0 Å². The van der Waals surface area contributed by atoms with E-state index in [0.717, 1.165) is 10.9 Å². The summed E-state index contributed by atoms with van der Waals surface area (Å²) in [4.78, 5) is 11.8. The lowest BCUT2D eigenvalue weighted by Gasteiger charge is -2.04. The van der Waals surface area contributed by atoms with E-state index >= 15 is 0 Å². The second-order valence-electron chi connectivity index (χ2n) is 4.60. The topological polar surface area (TPSA) is 29.1 Å². The van der Waals surface area contributed by atoms with Gasteiger partial charge in [0, 0.05) is 16.9 Å². The van der Waals surface area contributed by atoms with Crippen LogP contribution in [-0.4, -0.2) is 12.5 Å². The van der Waals surface area contributed by atoms with Crippen molar-refractivity contribution in [3.63, 3.8) is 0 Å². The average Bonchev–Trinajstić information content (AvgIpc) is 3.05. The molecule has 0 radical (unpaired) electrons. The summed E-state index contributed by atoms with van der Waals surface area (Å²) in [7, 11) is 0. The Morgan fingerprint density at radius 1 is 1.59 bits per heavy atom.